The van der Waals surface area contributed by atoms with Crippen LogP contribution in [0, 0.1) is 6.92 Å². The first-order chi connectivity index (χ1) is 17.0. The van der Waals surface area contributed by atoms with Gasteiger partial charge in [-0.25, -0.2) is 4.98 Å². The standard InChI is InChI=1S/C29H31N3O3/c1-5-10-22-15-16-26(27(19-22)34-4)35-18-17-32-25-14-9-8-13-24(25)31-28(32)21(3)30-29(33)23-12-7-6-11-20(23)2/h5-9,11-16,19,21H,1,10,17-18H2,2-4H3,(H,30,33). The van der Waals surface area contributed by atoms with Crippen LogP contribution < -0.4 is 14.8 Å². The highest BCUT2D eigenvalue weighted by Crippen LogP contribution is 2.29. The molecule has 0 saturated carbocycles. The summed E-state index contributed by atoms with van der Waals surface area (Å²) >= 11 is 0. The molecule has 1 atom stereocenters. The minimum absolute atomic E-state index is 0.116. The molecule has 35 heavy (non-hydrogen) atoms. The van der Waals surface area contributed by atoms with Crippen LogP contribution in [0.1, 0.15) is 40.3 Å². The van der Waals surface area contributed by atoms with E-state index >= 15 is 0 Å². The SMILES string of the molecule is C=CCc1ccc(OCCn2c(C(C)NC(=O)c3ccccc3C)nc3ccccc32)c(OC)c1. The fourth-order valence-corrected chi connectivity index (χ4v) is 4.20. The van der Waals surface area contributed by atoms with Crippen molar-refractivity contribution in [2.75, 3.05) is 13.7 Å². The van der Waals surface area contributed by atoms with Crippen molar-refractivity contribution in [1.82, 2.24) is 14.9 Å². The number of ether oxygens (including phenoxy) is 2. The van der Waals surface area contributed by atoms with Crippen LogP contribution in [-0.2, 0) is 13.0 Å². The third-order valence-corrected chi connectivity index (χ3v) is 5.99. The molecular weight excluding hydrogens is 438 g/mol. The molecule has 0 fully saturated rings. The lowest BCUT2D eigenvalue weighted by Gasteiger charge is -2.18. The molecule has 1 heterocycles. The van der Waals surface area contributed by atoms with Crippen molar-refractivity contribution in [3.05, 3.63) is 102 Å². The van der Waals surface area contributed by atoms with Gasteiger partial charge in [0.15, 0.2) is 11.5 Å². The van der Waals surface area contributed by atoms with E-state index in [1.165, 1.54) is 0 Å². The molecule has 0 radical (unpaired) electrons. The van der Waals surface area contributed by atoms with Crippen molar-refractivity contribution in [1.29, 1.82) is 0 Å². The maximum absolute atomic E-state index is 12.9. The average molecular weight is 470 g/mol. The van der Waals surface area contributed by atoms with Gasteiger partial charge in [-0.3, -0.25) is 4.79 Å². The van der Waals surface area contributed by atoms with E-state index in [1.807, 2.05) is 86.7 Å². The van der Waals surface area contributed by atoms with Gasteiger partial charge in [0.1, 0.15) is 12.4 Å². The van der Waals surface area contributed by atoms with E-state index in [9.17, 15) is 4.79 Å². The molecule has 0 saturated heterocycles. The van der Waals surface area contributed by atoms with Crippen LogP contribution >= 0.6 is 0 Å². The van der Waals surface area contributed by atoms with E-state index in [-0.39, 0.29) is 11.9 Å². The topological polar surface area (TPSA) is 65.4 Å². The maximum Gasteiger partial charge on any atom is 0.252 e. The molecule has 0 aliphatic carbocycles. The number of nitrogens with one attached hydrogen (secondary N) is 1. The number of nitrogens with zero attached hydrogens (tertiary/aromatic N) is 2. The summed E-state index contributed by atoms with van der Waals surface area (Å²) in [6.45, 7) is 8.67. The number of methoxy groups -OCH3 is 1. The zero-order valence-corrected chi connectivity index (χ0v) is 20.5. The van der Waals surface area contributed by atoms with Crippen LogP contribution in [0.5, 0.6) is 11.5 Å². The second-order valence-corrected chi connectivity index (χ2v) is 8.45. The van der Waals surface area contributed by atoms with E-state index in [0.29, 0.717) is 30.2 Å². The number of aromatic nitrogens is 2. The molecule has 1 N–H and O–H groups in total. The summed E-state index contributed by atoms with van der Waals surface area (Å²) in [5, 5.41) is 3.11. The van der Waals surface area contributed by atoms with Crippen LogP contribution in [0.2, 0.25) is 0 Å². The zero-order chi connectivity index (χ0) is 24.8. The summed E-state index contributed by atoms with van der Waals surface area (Å²) in [5.74, 6) is 2.05. The van der Waals surface area contributed by atoms with Gasteiger partial charge in [0.05, 0.1) is 30.7 Å². The van der Waals surface area contributed by atoms with Gasteiger partial charge in [0, 0.05) is 5.56 Å². The van der Waals surface area contributed by atoms with Crippen molar-refractivity contribution < 1.29 is 14.3 Å². The lowest BCUT2D eigenvalue weighted by molar-refractivity contribution is 0.0937. The highest BCUT2D eigenvalue weighted by atomic mass is 16.5. The molecule has 1 unspecified atom stereocenters. The number of hydrogen-bond donors (Lipinski definition) is 1. The molecule has 0 spiro atoms. The number of para-hydroxylation sites is 2. The fourth-order valence-electron chi connectivity index (χ4n) is 4.20. The normalized spacial score (nSPS) is 11.7. The number of allylic oxidation sites excluding steroid dienone is 1. The Morgan fingerprint density at radius 2 is 1.89 bits per heavy atom. The first kappa shape index (κ1) is 24.1. The Morgan fingerprint density at radius 1 is 1.11 bits per heavy atom. The molecule has 4 rings (SSSR count). The van der Waals surface area contributed by atoms with E-state index in [2.05, 4.69) is 16.5 Å². The van der Waals surface area contributed by atoms with Gasteiger partial charge in [-0.05, 0) is 61.7 Å². The first-order valence-electron chi connectivity index (χ1n) is 11.7. The Bertz CT molecular complexity index is 1340. The number of aryl methyl sites for hydroxylation is 1. The molecule has 0 bridgehead atoms. The smallest absolute Gasteiger partial charge is 0.252 e. The molecule has 1 aromatic heterocycles. The number of fused-ring (bicyclic) bond motifs is 1. The second kappa shape index (κ2) is 10.9. The molecule has 4 aromatic rings. The Hall–Kier alpha value is -4.06. The van der Waals surface area contributed by atoms with Crippen molar-refractivity contribution in [2.45, 2.75) is 32.9 Å². The van der Waals surface area contributed by atoms with Gasteiger partial charge in [0.25, 0.3) is 5.91 Å². The summed E-state index contributed by atoms with van der Waals surface area (Å²) in [4.78, 5) is 17.8. The Balaban J connectivity index is 1.54. The predicted molar refractivity (Wildman–Crippen MR) is 139 cm³/mol. The molecule has 6 nitrogen and oxygen atoms in total. The molecule has 0 aliphatic rings. The number of benzene rings is 3. The third kappa shape index (κ3) is 5.38. The van der Waals surface area contributed by atoms with Gasteiger partial charge in [-0.1, -0.05) is 42.5 Å². The lowest BCUT2D eigenvalue weighted by atomic mass is 10.1. The largest absolute Gasteiger partial charge is 0.493 e. The minimum atomic E-state index is -0.290. The number of hydrogen-bond acceptors (Lipinski definition) is 4. The molecule has 180 valence electrons. The Morgan fingerprint density at radius 3 is 2.66 bits per heavy atom. The van der Waals surface area contributed by atoms with Gasteiger partial charge < -0.3 is 19.4 Å². The van der Waals surface area contributed by atoms with E-state index in [4.69, 9.17) is 14.5 Å². The number of imidazole rings is 1. The zero-order valence-electron chi connectivity index (χ0n) is 20.5. The number of carbonyl (C=O) groups is 1. The van der Waals surface area contributed by atoms with Crippen LogP contribution in [0.25, 0.3) is 11.0 Å². The van der Waals surface area contributed by atoms with Crippen LogP contribution in [0.4, 0.5) is 0 Å². The predicted octanol–water partition coefficient (Wildman–Crippen LogP) is 5.65. The molecule has 1 amide bonds. The molecule has 3 aromatic carbocycles. The molecule has 6 heteroatoms. The summed E-state index contributed by atoms with van der Waals surface area (Å²) in [7, 11) is 1.64. The van der Waals surface area contributed by atoms with Gasteiger partial charge in [-0.15, -0.1) is 6.58 Å². The summed E-state index contributed by atoms with van der Waals surface area (Å²) in [5.41, 5.74) is 4.59. The van der Waals surface area contributed by atoms with Gasteiger partial charge in [0.2, 0.25) is 0 Å². The molecular formula is C29H31N3O3. The average Bonchev–Trinajstić information content (AvgIpc) is 3.24. The van der Waals surface area contributed by atoms with Gasteiger partial charge >= 0.3 is 0 Å². The maximum atomic E-state index is 12.9. The van der Waals surface area contributed by atoms with E-state index < -0.39 is 0 Å². The lowest BCUT2D eigenvalue weighted by Crippen LogP contribution is -2.29. The van der Waals surface area contributed by atoms with Gasteiger partial charge in [-0.2, -0.15) is 0 Å². The highest BCUT2D eigenvalue weighted by molar-refractivity contribution is 5.95. The fraction of sp³-hybridized carbons (Fsp3) is 0.241. The number of carbonyl (C=O) groups excluding carboxylic acids is 1. The minimum Gasteiger partial charge on any atom is -0.493 e. The first-order valence-corrected chi connectivity index (χ1v) is 11.7. The number of amides is 1. The second-order valence-electron chi connectivity index (χ2n) is 8.45. The summed E-state index contributed by atoms with van der Waals surface area (Å²) < 4.78 is 13.7. The number of rotatable bonds is 10. The van der Waals surface area contributed by atoms with Crippen LogP contribution in [0.3, 0.4) is 0 Å². The Labute approximate surface area is 206 Å². The monoisotopic (exact) mass is 469 g/mol. The quantitative estimate of drug-likeness (QED) is 0.305. The van der Waals surface area contributed by atoms with Crippen molar-refractivity contribution in [3.8, 4) is 11.5 Å². The van der Waals surface area contributed by atoms with Crippen LogP contribution in [0.15, 0.2) is 79.4 Å². The Kier molecular flexibility index (Phi) is 7.51. The third-order valence-electron chi connectivity index (χ3n) is 5.99. The molecule has 0 aliphatic heterocycles. The summed E-state index contributed by atoms with van der Waals surface area (Å²) in [6.07, 6.45) is 2.63. The van der Waals surface area contributed by atoms with Crippen molar-refractivity contribution in [2.24, 2.45) is 0 Å². The van der Waals surface area contributed by atoms with Crippen molar-refractivity contribution >= 4 is 16.9 Å². The summed E-state index contributed by atoms with van der Waals surface area (Å²) in [6, 6.07) is 21.2. The van der Waals surface area contributed by atoms with Crippen molar-refractivity contribution in [3.63, 3.8) is 0 Å². The highest BCUT2D eigenvalue weighted by Gasteiger charge is 2.20. The van der Waals surface area contributed by atoms with E-state index in [1.54, 1.807) is 7.11 Å². The van der Waals surface area contributed by atoms with Crippen LogP contribution in [-0.4, -0.2) is 29.2 Å². The van der Waals surface area contributed by atoms with E-state index in [0.717, 1.165) is 34.4 Å².